The number of aryl methyl sites for hydroxylation is 1. The maximum atomic E-state index is 13.2. The summed E-state index contributed by atoms with van der Waals surface area (Å²) in [5, 5.41) is 6.88. The zero-order chi connectivity index (χ0) is 22.5. The Balaban J connectivity index is 1.28. The number of nitrogens with one attached hydrogen (secondary N) is 1. The van der Waals surface area contributed by atoms with Gasteiger partial charge < -0.3 is 14.5 Å². The number of halogens is 3. The summed E-state index contributed by atoms with van der Waals surface area (Å²) in [5.74, 6) is 1.68. The molecule has 2 saturated heterocycles. The highest BCUT2D eigenvalue weighted by molar-refractivity contribution is 5.77. The Morgan fingerprint density at radius 1 is 1.03 bits per heavy atom. The molecule has 0 atom stereocenters. The van der Waals surface area contributed by atoms with Gasteiger partial charge in [-0.3, -0.25) is 5.10 Å². The summed E-state index contributed by atoms with van der Waals surface area (Å²) in [6, 6.07) is 1.06. The number of nitrogens with zero attached hydrogens (tertiary/aromatic N) is 7. The molecule has 2 aliphatic heterocycles. The van der Waals surface area contributed by atoms with Crippen molar-refractivity contribution in [1.82, 2.24) is 30.1 Å². The quantitative estimate of drug-likeness (QED) is 0.654. The molecule has 2 fully saturated rings. The summed E-state index contributed by atoms with van der Waals surface area (Å²) in [7, 11) is 1.53. The van der Waals surface area contributed by atoms with Crippen molar-refractivity contribution in [1.29, 1.82) is 0 Å². The van der Waals surface area contributed by atoms with E-state index in [0.29, 0.717) is 36.0 Å². The highest BCUT2D eigenvalue weighted by atomic mass is 19.4. The van der Waals surface area contributed by atoms with Crippen molar-refractivity contribution in [2.75, 3.05) is 43.1 Å². The minimum absolute atomic E-state index is 0.0580. The van der Waals surface area contributed by atoms with Crippen LogP contribution in [0.15, 0.2) is 12.3 Å². The Kier molecular flexibility index (Phi) is 4.82. The van der Waals surface area contributed by atoms with Crippen molar-refractivity contribution >= 4 is 22.8 Å². The Bertz CT molecular complexity index is 1140. The van der Waals surface area contributed by atoms with Gasteiger partial charge in [-0.05, 0) is 31.6 Å². The molecule has 0 unspecified atom stereocenters. The van der Waals surface area contributed by atoms with E-state index in [1.165, 1.54) is 14.0 Å². The molecule has 0 radical (unpaired) electrons. The Morgan fingerprint density at radius 2 is 1.75 bits per heavy atom. The molecule has 2 aliphatic rings. The minimum Gasteiger partial charge on any atom is -0.478 e. The van der Waals surface area contributed by atoms with Crippen LogP contribution in [-0.4, -0.2) is 63.4 Å². The largest absolute Gasteiger partial charge is 0.478 e. The fourth-order valence-electron chi connectivity index (χ4n) is 4.67. The molecular weight excluding hydrogens is 425 g/mol. The third-order valence-corrected chi connectivity index (χ3v) is 6.44. The van der Waals surface area contributed by atoms with Gasteiger partial charge in [0.15, 0.2) is 11.2 Å². The number of rotatable bonds is 3. The van der Waals surface area contributed by atoms with Gasteiger partial charge in [-0.2, -0.15) is 13.2 Å². The van der Waals surface area contributed by atoms with E-state index in [2.05, 4.69) is 35.0 Å². The highest BCUT2D eigenvalue weighted by Crippen LogP contribution is 2.43. The Morgan fingerprint density at radius 3 is 2.44 bits per heavy atom. The van der Waals surface area contributed by atoms with E-state index in [1.807, 2.05) is 4.90 Å². The molecule has 3 aromatic heterocycles. The SMILES string of the molecule is COc1n[nH]c2nc(N3CCC4(CCN(c5cc(C(F)(F)F)nc(C)n5)C4)CC3)cnc12. The summed E-state index contributed by atoms with van der Waals surface area (Å²) in [5.41, 5.74) is 0.337. The van der Waals surface area contributed by atoms with Crippen LogP contribution in [0.4, 0.5) is 24.8 Å². The van der Waals surface area contributed by atoms with Crippen LogP contribution >= 0.6 is 0 Å². The van der Waals surface area contributed by atoms with Crippen LogP contribution in [0.25, 0.3) is 11.2 Å². The second kappa shape index (κ2) is 7.45. The summed E-state index contributed by atoms with van der Waals surface area (Å²) in [6.07, 6.45) is 0.0127. The molecule has 12 heteroatoms. The molecular formula is C20H23F3N8O. The second-order valence-electron chi connectivity index (χ2n) is 8.47. The van der Waals surface area contributed by atoms with Crippen LogP contribution in [0.3, 0.4) is 0 Å². The summed E-state index contributed by atoms with van der Waals surface area (Å²) in [4.78, 5) is 21.0. The third-order valence-electron chi connectivity index (χ3n) is 6.44. The predicted molar refractivity (Wildman–Crippen MR) is 111 cm³/mol. The van der Waals surface area contributed by atoms with Crippen molar-refractivity contribution in [2.45, 2.75) is 32.4 Å². The van der Waals surface area contributed by atoms with Crippen molar-refractivity contribution in [3.8, 4) is 5.88 Å². The number of alkyl halides is 3. The summed E-state index contributed by atoms with van der Waals surface area (Å²) >= 11 is 0. The number of aromatic amines is 1. The zero-order valence-corrected chi connectivity index (χ0v) is 17.8. The molecule has 9 nitrogen and oxygen atoms in total. The molecule has 5 heterocycles. The van der Waals surface area contributed by atoms with Crippen LogP contribution in [0, 0.1) is 12.3 Å². The lowest BCUT2D eigenvalue weighted by molar-refractivity contribution is -0.141. The lowest BCUT2D eigenvalue weighted by Gasteiger charge is -2.39. The maximum Gasteiger partial charge on any atom is 0.433 e. The number of hydrogen-bond donors (Lipinski definition) is 1. The van der Waals surface area contributed by atoms with Crippen molar-refractivity contribution in [2.24, 2.45) is 5.41 Å². The van der Waals surface area contributed by atoms with E-state index in [4.69, 9.17) is 4.74 Å². The average molecular weight is 448 g/mol. The van der Waals surface area contributed by atoms with Gasteiger partial charge in [0, 0.05) is 32.2 Å². The highest BCUT2D eigenvalue weighted by Gasteiger charge is 2.42. The number of fused-ring (bicyclic) bond motifs is 1. The molecule has 0 aromatic carbocycles. The molecule has 0 saturated carbocycles. The van der Waals surface area contributed by atoms with Crippen LogP contribution in [0.5, 0.6) is 5.88 Å². The number of hydrogen-bond acceptors (Lipinski definition) is 8. The molecule has 170 valence electrons. The van der Waals surface area contributed by atoms with Crippen LogP contribution in [0.1, 0.15) is 30.8 Å². The fourth-order valence-corrected chi connectivity index (χ4v) is 4.67. The minimum atomic E-state index is -4.48. The number of H-pyrrole nitrogens is 1. The van der Waals surface area contributed by atoms with E-state index in [0.717, 1.165) is 44.2 Å². The van der Waals surface area contributed by atoms with Gasteiger partial charge in [-0.25, -0.2) is 19.9 Å². The lowest BCUT2D eigenvalue weighted by atomic mass is 9.78. The van der Waals surface area contributed by atoms with Gasteiger partial charge >= 0.3 is 6.18 Å². The van der Waals surface area contributed by atoms with Gasteiger partial charge in [0.25, 0.3) is 5.88 Å². The van der Waals surface area contributed by atoms with Gasteiger partial charge in [0.05, 0.1) is 13.3 Å². The van der Waals surface area contributed by atoms with Gasteiger partial charge in [0.2, 0.25) is 0 Å². The van der Waals surface area contributed by atoms with Crippen molar-refractivity contribution in [3.63, 3.8) is 0 Å². The van der Waals surface area contributed by atoms with Crippen LogP contribution in [0.2, 0.25) is 0 Å². The smallest absolute Gasteiger partial charge is 0.433 e. The molecule has 1 spiro atoms. The van der Waals surface area contributed by atoms with E-state index in [-0.39, 0.29) is 11.2 Å². The first kappa shape index (κ1) is 20.7. The monoisotopic (exact) mass is 448 g/mol. The van der Waals surface area contributed by atoms with Crippen LogP contribution in [-0.2, 0) is 6.18 Å². The number of aromatic nitrogens is 6. The molecule has 3 aromatic rings. The third kappa shape index (κ3) is 3.67. The molecule has 1 N–H and O–H groups in total. The van der Waals surface area contributed by atoms with E-state index in [1.54, 1.807) is 6.20 Å². The second-order valence-corrected chi connectivity index (χ2v) is 8.47. The topological polar surface area (TPSA) is 96.0 Å². The normalized spacial score (nSPS) is 18.7. The number of ether oxygens (including phenoxy) is 1. The maximum absolute atomic E-state index is 13.2. The first-order chi connectivity index (χ1) is 15.3. The Labute approximate surface area is 182 Å². The molecule has 5 rings (SSSR count). The van der Waals surface area contributed by atoms with Gasteiger partial charge in [-0.1, -0.05) is 0 Å². The van der Waals surface area contributed by atoms with E-state index in [9.17, 15) is 13.2 Å². The predicted octanol–water partition coefficient (Wildman–Crippen LogP) is 2.98. The number of methoxy groups -OCH3 is 1. The first-order valence-electron chi connectivity index (χ1n) is 10.4. The Hall–Kier alpha value is -3.18. The fraction of sp³-hybridized carbons (Fsp3) is 0.550. The molecule has 0 aliphatic carbocycles. The van der Waals surface area contributed by atoms with Crippen molar-refractivity contribution < 1.29 is 17.9 Å². The standard InChI is InChI=1S/C20H23F3N8O/c1-12-25-13(20(21,22)23)9-14(26-12)31-8-5-19(11-31)3-6-30(7-4-19)15-10-24-16-17(27-15)28-29-18(16)32-2/h9-10H,3-8,11H2,1-2H3,(H,27,28,29). The summed E-state index contributed by atoms with van der Waals surface area (Å²) < 4.78 is 44.7. The van der Waals surface area contributed by atoms with Gasteiger partial charge in [0.1, 0.15) is 23.2 Å². The van der Waals surface area contributed by atoms with Crippen molar-refractivity contribution in [3.05, 3.63) is 23.8 Å². The van der Waals surface area contributed by atoms with E-state index < -0.39 is 11.9 Å². The molecule has 0 amide bonds. The van der Waals surface area contributed by atoms with Crippen LogP contribution < -0.4 is 14.5 Å². The lowest BCUT2D eigenvalue weighted by Crippen LogP contribution is -2.42. The number of anilines is 2. The summed E-state index contributed by atoms with van der Waals surface area (Å²) in [6.45, 7) is 4.48. The first-order valence-corrected chi connectivity index (χ1v) is 10.4. The molecule has 32 heavy (non-hydrogen) atoms. The molecule has 0 bridgehead atoms. The zero-order valence-electron chi connectivity index (χ0n) is 17.8. The van der Waals surface area contributed by atoms with Gasteiger partial charge in [-0.15, -0.1) is 5.10 Å². The average Bonchev–Trinajstić information content (AvgIpc) is 3.37. The number of piperidine rings is 1. The van der Waals surface area contributed by atoms with E-state index >= 15 is 0 Å².